The largest absolute Gasteiger partial charge is 0.453 e. The Morgan fingerprint density at radius 3 is 1.97 bits per heavy atom. The van der Waals surface area contributed by atoms with Gasteiger partial charge in [-0.2, -0.15) is 0 Å². The van der Waals surface area contributed by atoms with Gasteiger partial charge in [-0.25, -0.2) is 9.59 Å². The second-order valence-electron chi connectivity index (χ2n) is 6.79. The summed E-state index contributed by atoms with van der Waals surface area (Å²) in [5.41, 5.74) is 0.642. The molecule has 7 nitrogen and oxygen atoms in total. The summed E-state index contributed by atoms with van der Waals surface area (Å²) in [6.45, 7) is 5.35. The van der Waals surface area contributed by atoms with Crippen LogP contribution in [0.4, 0.5) is 0 Å². The second-order valence-corrected chi connectivity index (χ2v) is 6.79. The van der Waals surface area contributed by atoms with Crippen LogP contribution >= 0.6 is 0 Å². The maximum Gasteiger partial charge on any atom is 0.338 e. The Morgan fingerprint density at radius 2 is 1.47 bits per heavy atom. The number of ether oxygens (including phenoxy) is 4. The van der Waals surface area contributed by atoms with E-state index in [-0.39, 0.29) is 6.61 Å². The van der Waals surface area contributed by atoms with E-state index in [2.05, 4.69) is 6.58 Å². The van der Waals surface area contributed by atoms with Crippen LogP contribution in [0.2, 0.25) is 0 Å². The number of aliphatic hydroxyl groups is 1. The van der Waals surface area contributed by atoms with Crippen LogP contribution < -0.4 is 0 Å². The predicted molar refractivity (Wildman–Crippen MR) is 108 cm³/mol. The highest BCUT2D eigenvalue weighted by Crippen LogP contribution is 2.28. The first kappa shape index (κ1) is 21.7. The zero-order chi connectivity index (χ0) is 21.5. The van der Waals surface area contributed by atoms with E-state index in [0.717, 1.165) is 0 Å². The fourth-order valence-corrected chi connectivity index (χ4v) is 3.11. The van der Waals surface area contributed by atoms with Crippen molar-refractivity contribution in [1.29, 1.82) is 0 Å². The molecule has 0 radical (unpaired) electrons. The molecule has 158 valence electrons. The molecule has 0 saturated carbocycles. The minimum Gasteiger partial charge on any atom is -0.453 e. The van der Waals surface area contributed by atoms with Crippen molar-refractivity contribution in [3.63, 3.8) is 0 Å². The third kappa shape index (κ3) is 5.13. The Kier molecular flexibility index (Phi) is 7.35. The van der Waals surface area contributed by atoms with Gasteiger partial charge < -0.3 is 24.1 Å². The molecule has 1 heterocycles. The van der Waals surface area contributed by atoms with Crippen LogP contribution in [-0.2, 0) is 18.9 Å². The fourth-order valence-electron chi connectivity index (χ4n) is 3.11. The van der Waals surface area contributed by atoms with Crippen molar-refractivity contribution in [1.82, 2.24) is 0 Å². The molecule has 30 heavy (non-hydrogen) atoms. The molecule has 0 aliphatic carbocycles. The first-order chi connectivity index (χ1) is 14.5. The van der Waals surface area contributed by atoms with Gasteiger partial charge in [-0.3, -0.25) is 0 Å². The molecule has 1 aliphatic rings. The van der Waals surface area contributed by atoms with E-state index in [1.165, 1.54) is 6.08 Å². The van der Waals surface area contributed by atoms with Gasteiger partial charge in [0.05, 0.1) is 23.8 Å². The van der Waals surface area contributed by atoms with Crippen molar-refractivity contribution < 1.29 is 33.6 Å². The summed E-state index contributed by atoms with van der Waals surface area (Å²) in [7, 11) is 0. The van der Waals surface area contributed by atoms with Crippen LogP contribution in [-0.4, -0.2) is 54.4 Å². The van der Waals surface area contributed by atoms with Gasteiger partial charge in [0.15, 0.2) is 18.5 Å². The number of carbonyl (C=O) groups excluding carboxylic acids is 2. The van der Waals surface area contributed by atoms with Crippen LogP contribution in [0.25, 0.3) is 0 Å². The zero-order valence-corrected chi connectivity index (χ0v) is 16.5. The number of carbonyl (C=O) groups is 2. The van der Waals surface area contributed by atoms with Gasteiger partial charge >= 0.3 is 11.9 Å². The third-order valence-corrected chi connectivity index (χ3v) is 4.64. The molecule has 0 unspecified atom stereocenters. The summed E-state index contributed by atoms with van der Waals surface area (Å²) in [6, 6.07) is 16.7. The van der Waals surface area contributed by atoms with Gasteiger partial charge in [-0.05, 0) is 31.2 Å². The van der Waals surface area contributed by atoms with Crippen molar-refractivity contribution in [3.05, 3.63) is 84.4 Å². The lowest BCUT2D eigenvalue weighted by atomic mass is 9.99. The minimum atomic E-state index is -1.36. The van der Waals surface area contributed by atoms with Crippen LogP contribution in [0.5, 0.6) is 0 Å². The van der Waals surface area contributed by atoms with E-state index in [1.54, 1.807) is 67.6 Å². The van der Waals surface area contributed by atoms with Crippen LogP contribution in [0.15, 0.2) is 73.3 Å². The molecule has 0 spiro atoms. The average molecular weight is 412 g/mol. The number of esters is 2. The topological polar surface area (TPSA) is 91.3 Å². The molecule has 5 atom stereocenters. The van der Waals surface area contributed by atoms with E-state index < -0.39 is 42.6 Å². The Balaban J connectivity index is 1.78. The SMILES string of the molecule is C=CCO[C@@H]1O[C@@H](C)[C@H](OC(=O)c2ccccc2)[C@@H](O)[C@H]1OC(=O)c1ccccc1. The lowest BCUT2D eigenvalue weighted by Crippen LogP contribution is -2.60. The Labute approximate surface area is 174 Å². The second kappa shape index (κ2) is 10.2. The zero-order valence-electron chi connectivity index (χ0n) is 16.5. The average Bonchev–Trinajstić information content (AvgIpc) is 2.78. The number of aliphatic hydroxyl groups excluding tert-OH is 1. The van der Waals surface area contributed by atoms with Gasteiger partial charge in [-0.1, -0.05) is 42.5 Å². The molecule has 0 aromatic heterocycles. The molecule has 2 aromatic rings. The number of hydrogen-bond acceptors (Lipinski definition) is 7. The van der Waals surface area contributed by atoms with E-state index in [0.29, 0.717) is 11.1 Å². The summed E-state index contributed by atoms with van der Waals surface area (Å²) in [6.07, 6.45) is -3.86. The summed E-state index contributed by atoms with van der Waals surface area (Å²) in [5.74, 6) is -1.27. The van der Waals surface area contributed by atoms with Gasteiger partial charge in [0.1, 0.15) is 6.10 Å². The fraction of sp³-hybridized carbons (Fsp3) is 0.304. The summed E-state index contributed by atoms with van der Waals surface area (Å²) < 4.78 is 22.3. The molecular formula is C23H24O7. The van der Waals surface area contributed by atoms with Crippen LogP contribution in [0.1, 0.15) is 27.6 Å². The number of hydrogen-bond donors (Lipinski definition) is 1. The highest BCUT2D eigenvalue weighted by Gasteiger charge is 2.48. The molecule has 0 amide bonds. The highest BCUT2D eigenvalue weighted by atomic mass is 16.7. The molecule has 1 N–H and O–H groups in total. The van der Waals surface area contributed by atoms with Crippen LogP contribution in [0.3, 0.4) is 0 Å². The quantitative estimate of drug-likeness (QED) is 0.552. The maximum absolute atomic E-state index is 12.5. The molecular weight excluding hydrogens is 388 g/mol. The van der Waals surface area contributed by atoms with E-state index >= 15 is 0 Å². The predicted octanol–water partition coefficient (Wildman–Crippen LogP) is 2.75. The van der Waals surface area contributed by atoms with Crippen molar-refractivity contribution in [2.75, 3.05) is 6.61 Å². The maximum atomic E-state index is 12.5. The molecule has 1 aliphatic heterocycles. The Hall–Kier alpha value is -3.00. The van der Waals surface area contributed by atoms with Crippen molar-refractivity contribution >= 4 is 11.9 Å². The molecule has 7 heteroatoms. The monoisotopic (exact) mass is 412 g/mol. The van der Waals surface area contributed by atoms with Gasteiger partial charge in [0.2, 0.25) is 0 Å². The Morgan fingerprint density at radius 1 is 0.967 bits per heavy atom. The lowest BCUT2D eigenvalue weighted by Gasteiger charge is -2.42. The van der Waals surface area contributed by atoms with Gasteiger partial charge in [0.25, 0.3) is 0 Å². The van der Waals surface area contributed by atoms with Gasteiger partial charge in [0, 0.05) is 0 Å². The number of benzene rings is 2. The smallest absolute Gasteiger partial charge is 0.338 e. The molecule has 1 fully saturated rings. The molecule has 1 saturated heterocycles. The van der Waals surface area contributed by atoms with E-state index in [1.807, 2.05) is 0 Å². The van der Waals surface area contributed by atoms with Crippen molar-refractivity contribution in [2.24, 2.45) is 0 Å². The Bertz CT molecular complexity index is 852. The standard InChI is InChI=1S/C23H24O7/c1-3-14-27-23-20(30-22(26)17-12-8-5-9-13-17)18(24)19(15(2)28-23)29-21(25)16-10-6-4-7-11-16/h3-13,15,18-20,23-24H,1,14H2,2H3/t15-,18+,19-,20+,23+/m0/s1. The van der Waals surface area contributed by atoms with Crippen molar-refractivity contribution in [3.8, 4) is 0 Å². The molecule has 0 bridgehead atoms. The first-order valence-electron chi connectivity index (χ1n) is 9.59. The summed E-state index contributed by atoms with van der Waals surface area (Å²) in [4.78, 5) is 25.0. The van der Waals surface area contributed by atoms with E-state index in [9.17, 15) is 14.7 Å². The van der Waals surface area contributed by atoms with Gasteiger partial charge in [-0.15, -0.1) is 6.58 Å². The number of rotatable bonds is 7. The first-order valence-corrected chi connectivity index (χ1v) is 9.59. The normalized spacial score (nSPS) is 25.9. The summed E-state index contributed by atoms with van der Waals surface area (Å²) >= 11 is 0. The summed E-state index contributed by atoms with van der Waals surface area (Å²) in [5, 5.41) is 10.9. The minimum absolute atomic E-state index is 0.123. The van der Waals surface area contributed by atoms with Crippen LogP contribution in [0, 0.1) is 0 Å². The lowest BCUT2D eigenvalue weighted by molar-refractivity contribution is -0.288. The highest BCUT2D eigenvalue weighted by molar-refractivity contribution is 5.90. The molecule has 3 rings (SSSR count). The van der Waals surface area contributed by atoms with E-state index in [4.69, 9.17) is 18.9 Å². The third-order valence-electron chi connectivity index (χ3n) is 4.64. The molecule has 2 aromatic carbocycles. The van der Waals surface area contributed by atoms with Crippen molar-refractivity contribution in [2.45, 2.75) is 37.6 Å².